The highest BCUT2D eigenvalue weighted by Crippen LogP contribution is 2.32. The molecule has 152 valence electrons. The molecule has 1 atom stereocenters. The molecule has 1 unspecified atom stereocenters. The Balaban J connectivity index is 1.64. The maximum Gasteiger partial charge on any atom is 0.232 e. The number of carbonyl (C=O) groups excluding carboxylic acids is 1. The molecule has 30 heavy (non-hydrogen) atoms. The fraction of sp³-hybridized carbons (Fsp3) is 0.160. The van der Waals surface area contributed by atoms with Gasteiger partial charge in [0.25, 0.3) is 0 Å². The van der Waals surface area contributed by atoms with Gasteiger partial charge in [-0.1, -0.05) is 42.5 Å². The number of hydrogen-bond donors (Lipinski definition) is 2. The number of carbonyl (C=O) groups is 1. The second-order valence-electron chi connectivity index (χ2n) is 7.06. The number of nitrogens with one attached hydrogen (secondary N) is 2. The molecule has 3 aromatic carbocycles. The number of para-hydroxylation sites is 1. The van der Waals surface area contributed by atoms with Crippen molar-refractivity contribution in [3.8, 4) is 11.5 Å². The van der Waals surface area contributed by atoms with Crippen LogP contribution in [0.1, 0.15) is 22.6 Å². The number of methoxy groups -OCH3 is 2. The van der Waals surface area contributed by atoms with E-state index in [1.807, 2.05) is 79.0 Å². The molecule has 0 spiro atoms. The van der Waals surface area contributed by atoms with E-state index in [0.29, 0.717) is 6.54 Å². The zero-order chi connectivity index (χ0) is 20.9. The molecule has 2 N–H and O–H groups in total. The molecule has 0 aliphatic heterocycles. The average Bonchev–Trinajstić information content (AvgIpc) is 3.22. The first-order chi connectivity index (χ1) is 14.7. The second kappa shape index (κ2) is 8.74. The predicted octanol–water partition coefficient (Wildman–Crippen LogP) is 4.63. The van der Waals surface area contributed by atoms with Gasteiger partial charge in [0.05, 0.1) is 20.1 Å². The monoisotopic (exact) mass is 400 g/mol. The molecule has 0 aliphatic rings. The minimum absolute atomic E-state index is 0.0549. The molecule has 4 rings (SSSR count). The Hall–Kier alpha value is -3.73. The number of hydrogen-bond acceptors (Lipinski definition) is 3. The largest absolute Gasteiger partial charge is 0.497 e. The maximum atomic E-state index is 13.4. The van der Waals surface area contributed by atoms with E-state index in [2.05, 4.69) is 10.3 Å². The second-order valence-corrected chi connectivity index (χ2v) is 7.06. The van der Waals surface area contributed by atoms with Crippen LogP contribution in [0.3, 0.4) is 0 Å². The van der Waals surface area contributed by atoms with E-state index in [4.69, 9.17) is 9.47 Å². The Morgan fingerprint density at radius 3 is 2.20 bits per heavy atom. The van der Waals surface area contributed by atoms with Crippen LogP contribution in [-0.4, -0.2) is 25.1 Å². The SMILES string of the molecule is COc1ccc(CNC(=O)C(c2ccc(OC)cc2)c2c[nH]c3ccccc23)cc1. The van der Waals surface area contributed by atoms with Crippen LogP contribution in [0.2, 0.25) is 0 Å². The van der Waals surface area contributed by atoms with Gasteiger partial charge in [0.1, 0.15) is 11.5 Å². The number of rotatable bonds is 7. The van der Waals surface area contributed by atoms with Crippen LogP contribution < -0.4 is 14.8 Å². The van der Waals surface area contributed by atoms with E-state index >= 15 is 0 Å². The highest BCUT2D eigenvalue weighted by molar-refractivity contribution is 5.94. The van der Waals surface area contributed by atoms with Crippen molar-refractivity contribution in [1.82, 2.24) is 10.3 Å². The molecule has 5 heteroatoms. The number of aromatic amines is 1. The fourth-order valence-electron chi connectivity index (χ4n) is 3.64. The van der Waals surface area contributed by atoms with Crippen LogP contribution in [-0.2, 0) is 11.3 Å². The minimum Gasteiger partial charge on any atom is -0.497 e. The Morgan fingerprint density at radius 2 is 1.53 bits per heavy atom. The van der Waals surface area contributed by atoms with Crippen LogP contribution in [0.15, 0.2) is 79.0 Å². The number of aromatic nitrogens is 1. The Morgan fingerprint density at radius 1 is 0.900 bits per heavy atom. The topological polar surface area (TPSA) is 63.4 Å². The molecular formula is C25H24N2O3. The predicted molar refractivity (Wildman–Crippen MR) is 118 cm³/mol. The van der Waals surface area contributed by atoms with Crippen molar-refractivity contribution in [2.24, 2.45) is 0 Å². The van der Waals surface area contributed by atoms with Gasteiger partial charge in [-0.3, -0.25) is 4.79 Å². The standard InChI is InChI=1S/C25H24N2O3/c1-29-19-11-7-17(8-12-19)15-27-25(28)24(18-9-13-20(30-2)14-10-18)22-16-26-23-6-4-3-5-21(22)23/h3-14,16,24,26H,15H2,1-2H3,(H,27,28). The van der Waals surface area contributed by atoms with E-state index in [0.717, 1.165) is 39.1 Å². The van der Waals surface area contributed by atoms with Gasteiger partial charge in [0.15, 0.2) is 0 Å². The van der Waals surface area contributed by atoms with E-state index in [1.165, 1.54) is 0 Å². The molecule has 0 aliphatic carbocycles. The Bertz CT molecular complexity index is 1130. The van der Waals surface area contributed by atoms with Gasteiger partial charge in [0.2, 0.25) is 5.91 Å². The van der Waals surface area contributed by atoms with Gasteiger partial charge >= 0.3 is 0 Å². The molecular weight excluding hydrogens is 376 g/mol. The lowest BCUT2D eigenvalue weighted by Gasteiger charge is -2.18. The summed E-state index contributed by atoms with van der Waals surface area (Å²) in [6.07, 6.45) is 1.92. The van der Waals surface area contributed by atoms with Gasteiger partial charge in [-0.25, -0.2) is 0 Å². The lowest BCUT2D eigenvalue weighted by atomic mass is 9.90. The normalized spacial score (nSPS) is 11.8. The summed E-state index contributed by atoms with van der Waals surface area (Å²) in [4.78, 5) is 16.6. The van der Waals surface area contributed by atoms with Crippen molar-refractivity contribution in [1.29, 1.82) is 0 Å². The molecule has 1 heterocycles. The number of H-pyrrole nitrogens is 1. The molecule has 0 radical (unpaired) electrons. The van der Waals surface area contributed by atoms with Gasteiger partial charge < -0.3 is 19.8 Å². The first kappa shape index (κ1) is 19.6. The first-order valence-electron chi connectivity index (χ1n) is 9.80. The lowest BCUT2D eigenvalue weighted by Crippen LogP contribution is -2.29. The Kier molecular flexibility index (Phi) is 5.70. The van der Waals surface area contributed by atoms with Crippen molar-refractivity contribution in [2.75, 3.05) is 14.2 Å². The summed E-state index contributed by atoms with van der Waals surface area (Å²) in [6.45, 7) is 0.442. The molecule has 0 saturated heterocycles. The van der Waals surface area contributed by atoms with Crippen LogP contribution in [0, 0.1) is 0 Å². The number of benzene rings is 3. The van der Waals surface area contributed by atoms with Crippen LogP contribution in [0.5, 0.6) is 11.5 Å². The average molecular weight is 400 g/mol. The smallest absolute Gasteiger partial charge is 0.232 e. The van der Waals surface area contributed by atoms with Crippen molar-refractivity contribution < 1.29 is 14.3 Å². The molecule has 5 nitrogen and oxygen atoms in total. The first-order valence-corrected chi connectivity index (χ1v) is 9.80. The van der Waals surface area contributed by atoms with Crippen molar-refractivity contribution in [3.05, 3.63) is 95.7 Å². The molecule has 1 aromatic heterocycles. The van der Waals surface area contributed by atoms with Gasteiger partial charge in [-0.15, -0.1) is 0 Å². The number of amides is 1. The van der Waals surface area contributed by atoms with E-state index in [9.17, 15) is 4.79 Å². The van der Waals surface area contributed by atoms with Crippen LogP contribution in [0.4, 0.5) is 0 Å². The third kappa shape index (κ3) is 4.01. The third-order valence-electron chi connectivity index (χ3n) is 5.27. The highest BCUT2D eigenvalue weighted by atomic mass is 16.5. The quantitative estimate of drug-likeness (QED) is 0.475. The van der Waals surface area contributed by atoms with Crippen molar-refractivity contribution in [3.63, 3.8) is 0 Å². The number of ether oxygens (including phenoxy) is 2. The Labute approximate surface area is 175 Å². The highest BCUT2D eigenvalue weighted by Gasteiger charge is 2.25. The van der Waals surface area contributed by atoms with Gasteiger partial charge in [0, 0.05) is 23.6 Å². The van der Waals surface area contributed by atoms with Crippen molar-refractivity contribution >= 4 is 16.8 Å². The van der Waals surface area contributed by atoms with E-state index in [-0.39, 0.29) is 5.91 Å². The zero-order valence-electron chi connectivity index (χ0n) is 17.0. The molecule has 0 saturated carbocycles. The summed E-state index contributed by atoms with van der Waals surface area (Å²) in [5.41, 5.74) is 3.88. The summed E-state index contributed by atoms with van der Waals surface area (Å²) in [5, 5.41) is 4.13. The zero-order valence-corrected chi connectivity index (χ0v) is 17.0. The molecule has 4 aromatic rings. The van der Waals surface area contributed by atoms with Crippen molar-refractivity contribution in [2.45, 2.75) is 12.5 Å². The molecule has 1 amide bonds. The summed E-state index contributed by atoms with van der Waals surface area (Å²) < 4.78 is 10.5. The summed E-state index contributed by atoms with van der Waals surface area (Å²) in [5.74, 6) is 1.06. The van der Waals surface area contributed by atoms with Gasteiger partial charge in [-0.05, 0) is 47.0 Å². The van der Waals surface area contributed by atoms with Crippen LogP contribution in [0.25, 0.3) is 10.9 Å². The summed E-state index contributed by atoms with van der Waals surface area (Å²) in [7, 11) is 3.27. The van der Waals surface area contributed by atoms with Gasteiger partial charge in [-0.2, -0.15) is 0 Å². The molecule has 0 fully saturated rings. The number of fused-ring (bicyclic) bond motifs is 1. The fourth-order valence-corrected chi connectivity index (χ4v) is 3.64. The summed E-state index contributed by atoms with van der Waals surface area (Å²) in [6, 6.07) is 23.4. The molecule has 0 bridgehead atoms. The maximum absolute atomic E-state index is 13.4. The van der Waals surface area contributed by atoms with Crippen LogP contribution >= 0.6 is 0 Å². The van der Waals surface area contributed by atoms with E-state index in [1.54, 1.807) is 14.2 Å². The minimum atomic E-state index is -0.440. The third-order valence-corrected chi connectivity index (χ3v) is 5.27. The summed E-state index contributed by atoms with van der Waals surface area (Å²) >= 11 is 0. The lowest BCUT2D eigenvalue weighted by molar-refractivity contribution is -0.121. The van der Waals surface area contributed by atoms with E-state index < -0.39 is 5.92 Å².